The zero-order chi connectivity index (χ0) is 20.9. The van der Waals surface area contributed by atoms with Crippen molar-refractivity contribution in [2.24, 2.45) is 0 Å². The molecule has 2 aromatic rings. The Labute approximate surface area is 161 Å². The van der Waals surface area contributed by atoms with Crippen molar-refractivity contribution >= 4 is 5.91 Å². The lowest BCUT2D eigenvalue weighted by molar-refractivity contribution is -0.274. The van der Waals surface area contributed by atoms with Crippen molar-refractivity contribution in [3.63, 3.8) is 0 Å². The predicted molar refractivity (Wildman–Crippen MR) is 101 cm³/mol. The van der Waals surface area contributed by atoms with Crippen molar-refractivity contribution in [3.05, 3.63) is 65.7 Å². The van der Waals surface area contributed by atoms with Crippen LogP contribution < -0.4 is 10.1 Å². The molecule has 0 aliphatic rings. The number of amides is 1. The second kappa shape index (κ2) is 8.93. The van der Waals surface area contributed by atoms with Gasteiger partial charge in [-0.25, -0.2) is 0 Å². The number of aryl methyl sites for hydroxylation is 1. The maximum Gasteiger partial charge on any atom is 0.573 e. The fourth-order valence-corrected chi connectivity index (χ4v) is 3.02. The first kappa shape index (κ1) is 21.5. The number of rotatable bonds is 7. The SMILES string of the molecule is C=CC(=O)NC(C)c1cc(-c2ccc(OC(F)(F)F)cc2)cc(CC)c1CO. The van der Waals surface area contributed by atoms with Gasteiger partial charge in [0.2, 0.25) is 5.91 Å². The van der Waals surface area contributed by atoms with Crippen molar-refractivity contribution in [3.8, 4) is 16.9 Å². The largest absolute Gasteiger partial charge is 0.573 e. The molecule has 0 fully saturated rings. The highest BCUT2D eigenvalue weighted by molar-refractivity contribution is 5.87. The van der Waals surface area contributed by atoms with Crippen LogP contribution in [0.5, 0.6) is 5.75 Å². The summed E-state index contributed by atoms with van der Waals surface area (Å²) >= 11 is 0. The number of ether oxygens (including phenoxy) is 1. The summed E-state index contributed by atoms with van der Waals surface area (Å²) in [7, 11) is 0. The minimum absolute atomic E-state index is 0.189. The van der Waals surface area contributed by atoms with Crippen molar-refractivity contribution in [1.82, 2.24) is 5.32 Å². The van der Waals surface area contributed by atoms with E-state index in [1.807, 2.05) is 19.1 Å². The molecule has 0 radical (unpaired) electrons. The summed E-state index contributed by atoms with van der Waals surface area (Å²) in [6.45, 7) is 6.97. The highest BCUT2D eigenvalue weighted by Crippen LogP contribution is 2.32. The van der Waals surface area contributed by atoms with E-state index in [1.54, 1.807) is 6.92 Å². The molecule has 0 bridgehead atoms. The molecule has 150 valence electrons. The van der Waals surface area contributed by atoms with Crippen LogP contribution in [-0.2, 0) is 17.8 Å². The van der Waals surface area contributed by atoms with Crippen molar-refractivity contribution in [2.45, 2.75) is 39.3 Å². The molecule has 0 aliphatic heterocycles. The Balaban J connectivity index is 2.45. The maximum absolute atomic E-state index is 12.3. The first-order valence-corrected chi connectivity index (χ1v) is 8.74. The fraction of sp³-hybridized carbons (Fsp3) is 0.286. The van der Waals surface area contributed by atoms with Crippen molar-refractivity contribution in [1.29, 1.82) is 0 Å². The Morgan fingerprint density at radius 1 is 1.25 bits per heavy atom. The zero-order valence-electron chi connectivity index (χ0n) is 15.6. The number of benzene rings is 2. The summed E-state index contributed by atoms with van der Waals surface area (Å²) < 4.78 is 40.9. The summed E-state index contributed by atoms with van der Waals surface area (Å²) in [6.07, 6.45) is -2.93. The number of hydrogen-bond donors (Lipinski definition) is 2. The third kappa shape index (κ3) is 5.36. The van der Waals surface area contributed by atoms with E-state index in [4.69, 9.17) is 0 Å². The molecule has 0 aliphatic carbocycles. The van der Waals surface area contributed by atoms with Gasteiger partial charge in [0.05, 0.1) is 12.6 Å². The number of aliphatic hydroxyl groups excluding tert-OH is 1. The van der Waals surface area contributed by atoms with Gasteiger partial charge in [-0.15, -0.1) is 13.2 Å². The second-order valence-corrected chi connectivity index (χ2v) is 6.22. The Kier molecular flexibility index (Phi) is 6.85. The monoisotopic (exact) mass is 393 g/mol. The third-order valence-electron chi connectivity index (χ3n) is 4.35. The minimum Gasteiger partial charge on any atom is -0.406 e. The van der Waals surface area contributed by atoms with Crippen molar-refractivity contribution in [2.75, 3.05) is 0 Å². The highest BCUT2D eigenvalue weighted by Gasteiger charge is 2.31. The molecule has 1 amide bonds. The van der Waals surface area contributed by atoms with Gasteiger partial charge in [-0.05, 0) is 65.4 Å². The van der Waals surface area contributed by atoms with E-state index >= 15 is 0 Å². The van der Waals surface area contributed by atoms with Crippen LogP contribution in [0.1, 0.15) is 36.6 Å². The van der Waals surface area contributed by atoms with Gasteiger partial charge in [-0.3, -0.25) is 4.79 Å². The van der Waals surface area contributed by atoms with Gasteiger partial charge in [0, 0.05) is 0 Å². The first-order chi connectivity index (χ1) is 13.2. The van der Waals surface area contributed by atoms with Crippen LogP contribution in [0, 0.1) is 0 Å². The number of nitrogens with one attached hydrogen (secondary N) is 1. The van der Waals surface area contributed by atoms with Crippen LogP contribution in [0.4, 0.5) is 13.2 Å². The number of hydrogen-bond acceptors (Lipinski definition) is 3. The quantitative estimate of drug-likeness (QED) is 0.672. The summed E-state index contributed by atoms with van der Waals surface area (Å²) in [4.78, 5) is 11.7. The van der Waals surface area contributed by atoms with E-state index in [1.165, 1.54) is 30.3 Å². The lowest BCUT2D eigenvalue weighted by atomic mass is 9.90. The predicted octanol–water partition coefficient (Wildman–Crippen LogP) is 4.67. The Morgan fingerprint density at radius 3 is 2.39 bits per heavy atom. The number of carbonyl (C=O) groups is 1. The van der Waals surface area contributed by atoms with Gasteiger partial charge in [0.1, 0.15) is 5.75 Å². The van der Waals surface area contributed by atoms with Crippen LogP contribution in [-0.4, -0.2) is 17.4 Å². The molecular formula is C21H22F3NO3. The molecule has 0 heterocycles. The Hall–Kier alpha value is -2.80. The lowest BCUT2D eigenvalue weighted by Crippen LogP contribution is -2.25. The molecule has 7 heteroatoms. The molecule has 2 aromatic carbocycles. The Morgan fingerprint density at radius 2 is 1.89 bits per heavy atom. The van der Waals surface area contributed by atoms with Gasteiger partial charge < -0.3 is 15.2 Å². The molecule has 0 spiro atoms. The number of carbonyl (C=O) groups excluding carboxylic acids is 1. The van der Waals surface area contributed by atoms with E-state index < -0.39 is 6.36 Å². The molecule has 2 N–H and O–H groups in total. The van der Waals surface area contributed by atoms with Gasteiger partial charge in [-0.1, -0.05) is 31.7 Å². The van der Waals surface area contributed by atoms with E-state index in [2.05, 4.69) is 16.6 Å². The normalized spacial score (nSPS) is 12.4. The number of halogens is 3. The lowest BCUT2D eigenvalue weighted by Gasteiger charge is -2.21. The third-order valence-corrected chi connectivity index (χ3v) is 4.35. The van der Waals surface area contributed by atoms with E-state index in [-0.39, 0.29) is 24.3 Å². The molecule has 1 atom stereocenters. The standard InChI is InChI=1S/C21H22F3NO3/c1-4-14-10-16(15-6-8-17(9-7-15)28-21(22,23)24)11-18(19(14)12-26)13(3)25-20(27)5-2/h5-11,13,26H,2,4,12H2,1,3H3,(H,25,27). The van der Waals surface area contributed by atoms with E-state index in [9.17, 15) is 23.1 Å². The molecular weight excluding hydrogens is 371 g/mol. The van der Waals surface area contributed by atoms with Crippen LogP contribution in [0.15, 0.2) is 49.1 Å². The van der Waals surface area contributed by atoms with Crippen LogP contribution in [0.3, 0.4) is 0 Å². The van der Waals surface area contributed by atoms with Gasteiger partial charge in [-0.2, -0.15) is 0 Å². The molecule has 0 saturated carbocycles. The summed E-state index contributed by atoms with van der Waals surface area (Å²) in [5.41, 5.74) is 3.81. The fourth-order valence-electron chi connectivity index (χ4n) is 3.02. The average molecular weight is 393 g/mol. The van der Waals surface area contributed by atoms with Gasteiger partial charge in [0.15, 0.2) is 0 Å². The molecule has 4 nitrogen and oxygen atoms in total. The molecule has 2 rings (SSSR count). The van der Waals surface area contributed by atoms with Crippen LogP contribution in [0.25, 0.3) is 11.1 Å². The smallest absolute Gasteiger partial charge is 0.406 e. The molecule has 0 aromatic heterocycles. The van der Waals surface area contributed by atoms with Gasteiger partial charge in [0.25, 0.3) is 0 Å². The van der Waals surface area contributed by atoms with E-state index in [0.717, 1.165) is 22.3 Å². The van der Waals surface area contributed by atoms with Crippen molar-refractivity contribution < 1.29 is 27.8 Å². The molecule has 0 saturated heterocycles. The number of aliphatic hydroxyl groups is 1. The van der Waals surface area contributed by atoms with Gasteiger partial charge >= 0.3 is 6.36 Å². The number of alkyl halides is 3. The highest BCUT2D eigenvalue weighted by atomic mass is 19.4. The molecule has 28 heavy (non-hydrogen) atoms. The topological polar surface area (TPSA) is 58.6 Å². The minimum atomic E-state index is -4.74. The Bertz CT molecular complexity index is 845. The molecule has 1 unspecified atom stereocenters. The van der Waals surface area contributed by atoms with E-state index in [0.29, 0.717) is 12.0 Å². The van der Waals surface area contributed by atoms with Crippen LogP contribution in [0.2, 0.25) is 0 Å². The van der Waals surface area contributed by atoms with Crippen LogP contribution >= 0.6 is 0 Å². The first-order valence-electron chi connectivity index (χ1n) is 8.74. The second-order valence-electron chi connectivity index (χ2n) is 6.22. The summed E-state index contributed by atoms with van der Waals surface area (Å²) in [5.74, 6) is -0.640. The summed E-state index contributed by atoms with van der Waals surface area (Å²) in [6, 6.07) is 8.88. The zero-order valence-corrected chi connectivity index (χ0v) is 15.6. The average Bonchev–Trinajstić information content (AvgIpc) is 2.65. The maximum atomic E-state index is 12.3. The summed E-state index contributed by atoms with van der Waals surface area (Å²) in [5, 5.41) is 12.6.